The second-order valence-electron chi connectivity index (χ2n) is 5.94. The predicted molar refractivity (Wildman–Crippen MR) is 120 cm³/mol. The Morgan fingerprint density at radius 2 is 1.87 bits per heavy atom. The number of carbonyl (C=O) groups excluding carboxylic acids is 1. The molecule has 0 aliphatic heterocycles. The first kappa shape index (κ1) is 21.9. The topological polar surface area (TPSA) is 110 Å². The third-order valence-corrected chi connectivity index (χ3v) is 7.00. The maximum atomic E-state index is 12.0. The molecule has 3 aromatic rings. The smallest absolute Gasteiger partial charge is 0.270 e. The molecule has 0 radical (unpaired) electrons. The molecule has 1 N–H and O–H groups in total. The fourth-order valence-electron chi connectivity index (χ4n) is 2.25. The van der Waals surface area contributed by atoms with E-state index in [1.54, 1.807) is 30.8 Å². The lowest BCUT2D eigenvalue weighted by atomic mass is 10.1. The first-order valence-corrected chi connectivity index (χ1v) is 11.5. The Hall–Kier alpha value is -2.76. The van der Waals surface area contributed by atoms with Crippen molar-refractivity contribution >= 4 is 52.2 Å². The molecule has 0 aliphatic rings. The standard InChI is InChI=1S/C19H17N5O3S3/c1-13(15-8-5-9-16(10-15)24(26)27)20-21-17(25)12-29-19-23-22-18(30-19)28-11-14-6-3-2-4-7-14/h2-10H,11-12H2,1H3,(H,21,25). The van der Waals surface area contributed by atoms with E-state index in [2.05, 4.69) is 32.9 Å². The molecule has 0 fully saturated rings. The zero-order valence-electron chi connectivity index (χ0n) is 15.8. The second-order valence-corrected chi connectivity index (χ2v) is 9.36. The Kier molecular flexibility index (Phi) is 7.94. The first-order valence-electron chi connectivity index (χ1n) is 8.72. The van der Waals surface area contributed by atoms with E-state index in [4.69, 9.17) is 0 Å². The Labute approximate surface area is 185 Å². The highest BCUT2D eigenvalue weighted by Crippen LogP contribution is 2.30. The number of aromatic nitrogens is 2. The van der Waals surface area contributed by atoms with Crippen LogP contribution in [0.15, 0.2) is 68.4 Å². The van der Waals surface area contributed by atoms with Gasteiger partial charge in [0.05, 0.1) is 16.4 Å². The van der Waals surface area contributed by atoms with E-state index in [0.29, 0.717) is 15.6 Å². The Morgan fingerprint density at radius 3 is 2.60 bits per heavy atom. The molecular weight excluding hydrogens is 442 g/mol. The highest BCUT2D eigenvalue weighted by atomic mass is 32.2. The largest absolute Gasteiger partial charge is 0.272 e. The fraction of sp³-hybridized carbons (Fsp3) is 0.158. The fourth-order valence-corrected chi connectivity index (χ4v) is 5.02. The molecule has 30 heavy (non-hydrogen) atoms. The lowest BCUT2D eigenvalue weighted by Gasteiger charge is -2.02. The van der Waals surface area contributed by atoms with Gasteiger partial charge < -0.3 is 0 Å². The second kappa shape index (κ2) is 10.9. The van der Waals surface area contributed by atoms with Gasteiger partial charge >= 0.3 is 0 Å². The van der Waals surface area contributed by atoms with Crippen LogP contribution in [0.4, 0.5) is 5.69 Å². The van der Waals surface area contributed by atoms with Gasteiger partial charge in [-0.05, 0) is 12.5 Å². The summed E-state index contributed by atoms with van der Waals surface area (Å²) < 4.78 is 1.56. The van der Waals surface area contributed by atoms with Crippen molar-refractivity contribution in [3.05, 3.63) is 75.8 Å². The zero-order chi connectivity index (χ0) is 21.3. The number of thioether (sulfide) groups is 2. The van der Waals surface area contributed by atoms with E-state index in [1.807, 2.05) is 18.2 Å². The number of amides is 1. The van der Waals surface area contributed by atoms with E-state index >= 15 is 0 Å². The molecular formula is C19H17N5O3S3. The highest BCUT2D eigenvalue weighted by Gasteiger charge is 2.10. The van der Waals surface area contributed by atoms with Crippen molar-refractivity contribution in [3.8, 4) is 0 Å². The van der Waals surface area contributed by atoms with E-state index in [9.17, 15) is 14.9 Å². The number of hydrogen-bond donors (Lipinski definition) is 1. The molecule has 11 heteroatoms. The molecule has 0 bridgehead atoms. The van der Waals surface area contributed by atoms with Crippen LogP contribution in [-0.4, -0.2) is 32.5 Å². The van der Waals surface area contributed by atoms with Gasteiger partial charge in [0.1, 0.15) is 0 Å². The van der Waals surface area contributed by atoms with Crippen LogP contribution in [0.5, 0.6) is 0 Å². The molecule has 0 atom stereocenters. The summed E-state index contributed by atoms with van der Waals surface area (Å²) in [5.41, 5.74) is 4.70. The van der Waals surface area contributed by atoms with Gasteiger partial charge in [-0.1, -0.05) is 77.3 Å². The van der Waals surface area contributed by atoms with Gasteiger partial charge in [-0.25, -0.2) is 5.43 Å². The van der Waals surface area contributed by atoms with Gasteiger partial charge in [0.15, 0.2) is 8.68 Å². The Morgan fingerprint density at radius 1 is 1.13 bits per heavy atom. The number of non-ortho nitro benzene ring substituents is 1. The van der Waals surface area contributed by atoms with Crippen LogP contribution in [0.1, 0.15) is 18.1 Å². The molecule has 2 aromatic carbocycles. The van der Waals surface area contributed by atoms with Gasteiger partial charge in [-0.3, -0.25) is 14.9 Å². The zero-order valence-corrected chi connectivity index (χ0v) is 18.3. The minimum absolute atomic E-state index is 0.0267. The van der Waals surface area contributed by atoms with Gasteiger partial charge in [0.2, 0.25) is 0 Å². The van der Waals surface area contributed by atoms with Crippen LogP contribution in [-0.2, 0) is 10.5 Å². The molecule has 0 saturated carbocycles. The van der Waals surface area contributed by atoms with Crippen LogP contribution in [0.25, 0.3) is 0 Å². The SMILES string of the molecule is CC(=NNC(=O)CSc1nnc(SCc2ccccc2)s1)c1cccc([N+](=O)[O-])c1. The quantitative estimate of drug-likeness (QED) is 0.219. The van der Waals surface area contributed by atoms with Crippen molar-refractivity contribution in [3.63, 3.8) is 0 Å². The number of benzene rings is 2. The highest BCUT2D eigenvalue weighted by molar-refractivity contribution is 8.03. The van der Waals surface area contributed by atoms with Gasteiger partial charge in [0, 0.05) is 23.4 Å². The van der Waals surface area contributed by atoms with Crippen LogP contribution in [0.3, 0.4) is 0 Å². The van der Waals surface area contributed by atoms with E-state index < -0.39 is 4.92 Å². The molecule has 0 spiro atoms. The van der Waals surface area contributed by atoms with Crippen molar-refractivity contribution in [1.29, 1.82) is 0 Å². The molecule has 0 saturated heterocycles. The average Bonchev–Trinajstić information content (AvgIpc) is 3.23. The van der Waals surface area contributed by atoms with Gasteiger partial charge in [-0.2, -0.15) is 5.10 Å². The van der Waals surface area contributed by atoms with E-state index in [0.717, 1.165) is 10.1 Å². The van der Waals surface area contributed by atoms with Gasteiger partial charge in [-0.15, -0.1) is 10.2 Å². The first-order chi connectivity index (χ1) is 14.5. The number of rotatable bonds is 9. The molecule has 154 valence electrons. The number of nitrogens with one attached hydrogen (secondary N) is 1. The normalized spacial score (nSPS) is 11.3. The number of hydrogen-bond acceptors (Lipinski definition) is 9. The van der Waals surface area contributed by atoms with E-state index in [1.165, 1.54) is 40.8 Å². The maximum absolute atomic E-state index is 12.0. The summed E-state index contributed by atoms with van der Waals surface area (Å²) in [4.78, 5) is 22.4. The summed E-state index contributed by atoms with van der Waals surface area (Å²) >= 11 is 4.33. The number of hydrazone groups is 1. The molecule has 8 nitrogen and oxygen atoms in total. The molecule has 0 unspecified atom stereocenters. The van der Waals surface area contributed by atoms with Crippen molar-refractivity contribution in [1.82, 2.24) is 15.6 Å². The lowest BCUT2D eigenvalue weighted by Crippen LogP contribution is -2.21. The molecule has 1 aromatic heterocycles. The Balaban J connectivity index is 1.46. The molecule has 3 rings (SSSR count). The summed E-state index contributed by atoms with van der Waals surface area (Å²) in [7, 11) is 0. The summed E-state index contributed by atoms with van der Waals surface area (Å²) in [6.07, 6.45) is 0. The van der Waals surface area contributed by atoms with E-state index in [-0.39, 0.29) is 17.3 Å². The third-order valence-electron chi connectivity index (χ3n) is 3.74. The van der Waals surface area contributed by atoms with Crippen LogP contribution in [0.2, 0.25) is 0 Å². The predicted octanol–water partition coefficient (Wildman–Crippen LogP) is 4.37. The summed E-state index contributed by atoms with van der Waals surface area (Å²) in [5, 5.41) is 23.1. The third kappa shape index (κ3) is 6.65. The van der Waals surface area contributed by atoms with Crippen LogP contribution in [0, 0.1) is 10.1 Å². The molecule has 1 amide bonds. The number of nitro benzene ring substituents is 1. The molecule has 0 aliphatic carbocycles. The van der Waals surface area contributed by atoms with Crippen LogP contribution < -0.4 is 5.43 Å². The Bertz CT molecular complexity index is 1060. The van der Waals surface area contributed by atoms with Crippen molar-refractivity contribution in [2.45, 2.75) is 21.4 Å². The maximum Gasteiger partial charge on any atom is 0.270 e. The minimum atomic E-state index is -0.472. The van der Waals surface area contributed by atoms with Gasteiger partial charge in [0.25, 0.3) is 11.6 Å². The lowest BCUT2D eigenvalue weighted by molar-refractivity contribution is -0.384. The summed E-state index contributed by atoms with van der Waals surface area (Å²) in [5.74, 6) is 0.661. The summed E-state index contributed by atoms with van der Waals surface area (Å²) in [6.45, 7) is 1.67. The molecule has 1 heterocycles. The van der Waals surface area contributed by atoms with Crippen molar-refractivity contribution < 1.29 is 9.72 Å². The monoisotopic (exact) mass is 459 g/mol. The average molecular weight is 460 g/mol. The number of carbonyl (C=O) groups is 1. The number of nitro groups is 1. The van der Waals surface area contributed by atoms with Crippen molar-refractivity contribution in [2.75, 3.05) is 5.75 Å². The summed E-state index contributed by atoms with van der Waals surface area (Å²) in [6, 6.07) is 16.2. The van der Waals surface area contributed by atoms with Crippen LogP contribution >= 0.6 is 34.9 Å². The van der Waals surface area contributed by atoms with Crippen molar-refractivity contribution in [2.24, 2.45) is 5.10 Å². The number of nitrogens with zero attached hydrogens (tertiary/aromatic N) is 4. The minimum Gasteiger partial charge on any atom is -0.272 e.